The van der Waals surface area contributed by atoms with Gasteiger partial charge in [-0.3, -0.25) is 4.79 Å². The molecule has 4 aliphatic carbocycles. The number of allylic oxidation sites excluding steroid dienone is 1. The van der Waals surface area contributed by atoms with Crippen molar-refractivity contribution in [3.05, 3.63) is 11.6 Å². The van der Waals surface area contributed by atoms with E-state index in [9.17, 15) is 14.4 Å². The van der Waals surface area contributed by atoms with Crippen molar-refractivity contribution in [2.24, 2.45) is 46.3 Å². The maximum absolute atomic E-state index is 13.5. The SMILES string of the molecule is CC(=O)O[C@H]1CC[C@@]2(C)C(=CC[C@H]3[C@@H]4C[C@H](OC(C)=O)[C@H]([C@H](C)C(=O)CC[C@@H](C)C[Se]C#N)[C@@]4(C)CC[C@@H]32)C1. The van der Waals surface area contributed by atoms with Gasteiger partial charge in [0, 0.05) is 13.3 Å². The fraction of sp³-hybridized carbons (Fsp3) is 0.812. The molecule has 0 bridgehead atoms. The Kier molecular flexibility index (Phi) is 9.39. The molecule has 216 valence electrons. The summed E-state index contributed by atoms with van der Waals surface area (Å²) in [7, 11) is 0. The maximum atomic E-state index is 13.5. The van der Waals surface area contributed by atoms with Crippen molar-refractivity contribution in [2.45, 2.75) is 117 Å². The van der Waals surface area contributed by atoms with Gasteiger partial charge in [0.05, 0.1) is 0 Å². The van der Waals surface area contributed by atoms with Crippen molar-refractivity contribution in [3.8, 4) is 4.97 Å². The first-order valence-electron chi connectivity index (χ1n) is 15.0. The number of rotatable bonds is 9. The normalized spacial score (nSPS) is 38.6. The maximum Gasteiger partial charge on any atom is 0.00597 e. The number of carbonyl (C=O) groups is 3. The van der Waals surface area contributed by atoms with E-state index < -0.39 is 0 Å². The standard InChI is InChI=1S/C32H47NO5Se/c1-19(17-39-18-33)7-10-28(36)20(2)30-29(38-22(4)35)16-27-25-9-8-23-15-24(37-21(3)34)11-13-31(23,5)26(25)12-14-32(27,30)6/h8,19-20,24-27,29-30H,7,9-17H2,1-6H3/t19-,20-,24+,25-,26+,27+,29+,30+,31+,32+/m1/s1. The molecule has 4 aliphatic rings. The van der Waals surface area contributed by atoms with Gasteiger partial charge < -0.3 is 4.74 Å². The van der Waals surface area contributed by atoms with Crippen LogP contribution in [0.5, 0.6) is 0 Å². The molecule has 0 unspecified atom stereocenters. The van der Waals surface area contributed by atoms with Gasteiger partial charge in [-0.25, -0.2) is 0 Å². The van der Waals surface area contributed by atoms with Crippen LogP contribution in [0.2, 0.25) is 5.32 Å². The number of nitriles is 1. The number of nitrogens with zero attached hydrogens (tertiary/aromatic N) is 1. The van der Waals surface area contributed by atoms with E-state index in [1.165, 1.54) is 19.4 Å². The van der Waals surface area contributed by atoms with Crippen LogP contribution in [0.3, 0.4) is 0 Å². The molecular formula is C32H47NO5Se. The van der Waals surface area contributed by atoms with Gasteiger partial charge in [0.15, 0.2) is 0 Å². The van der Waals surface area contributed by atoms with Crippen molar-refractivity contribution in [2.75, 3.05) is 0 Å². The first-order valence-corrected chi connectivity index (χ1v) is 17.0. The zero-order chi connectivity index (χ0) is 28.5. The van der Waals surface area contributed by atoms with E-state index in [4.69, 9.17) is 14.7 Å². The Morgan fingerprint density at radius 1 is 1.10 bits per heavy atom. The van der Waals surface area contributed by atoms with E-state index >= 15 is 0 Å². The molecule has 0 aromatic heterocycles. The van der Waals surface area contributed by atoms with Gasteiger partial charge in [-0.15, -0.1) is 0 Å². The second-order valence-corrected chi connectivity index (χ2v) is 15.2. The summed E-state index contributed by atoms with van der Waals surface area (Å²) in [4.78, 5) is 39.6. The third-order valence-electron chi connectivity index (χ3n) is 11.2. The summed E-state index contributed by atoms with van der Waals surface area (Å²) >= 11 is -0.00998. The summed E-state index contributed by atoms with van der Waals surface area (Å²) in [5, 5.41) is 9.81. The molecule has 4 rings (SSSR count). The predicted octanol–water partition coefficient (Wildman–Crippen LogP) is 6.26. The number of hydrogen-bond donors (Lipinski definition) is 0. The van der Waals surface area contributed by atoms with Crippen molar-refractivity contribution in [3.63, 3.8) is 0 Å². The summed E-state index contributed by atoms with van der Waals surface area (Å²) in [5.41, 5.74) is 1.55. The number of ether oxygens (including phenoxy) is 2. The van der Waals surface area contributed by atoms with Crippen LogP contribution in [0.1, 0.15) is 99.3 Å². The van der Waals surface area contributed by atoms with Crippen LogP contribution >= 0.6 is 0 Å². The Morgan fingerprint density at radius 3 is 2.49 bits per heavy atom. The zero-order valence-corrected chi connectivity index (χ0v) is 26.4. The largest absolute Gasteiger partial charge is 0.00597 e. The van der Waals surface area contributed by atoms with Gasteiger partial charge in [0.1, 0.15) is 6.10 Å². The predicted molar refractivity (Wildman–Crippen MR) is 150 cm³/mol. The summed E-state index contributed by atoms with van der Waals surface area (Å²) in [5.74, 6) is 1.60. The average Bonchev–Trinajstić information content (AvgIpc) is 3.16. The number of ketones is 1. The molecule has 0 radical (unpaired) electrons. The van der Waals surface area contributed by atoms with Crippen LogP contribution in [0, 0.1) is 56.6 Å². The van der Waals surface area contributed by atoms with Gasteiger partial charge in [0.25, 0.3) is 0 Å². The minimum Gasteiger partial charge on any atom is 0.00597 e. The molecule has 10 atom stereocenters. The molecule has 0 aromatic carbocycles. The first kappa shape index (κ1) is 30.3. The molecule has 0 aromatic rings. The van der Waals surface area contributed by atoms with Crippen LogP contribution in [0.4, 0.5) is 0 Å². The van der Waals surface area contributed by atoms with Gasteiger partial charge >= 0.3 is 187 Å². The molecule has 39 heavy (non-hydrogen) atoms. The molecule has 0 N–H and O–H groups in total. The number of Topliss-reactive ketones (excluding diaryl/α,β-unsaturated/α-hetero) is 1. The van der Waals surface area contributed by atoms with E-state index in [2.05, 4.69) is 38.7 Å². The van der Waals surface area contributed by atoms with E-state index in [1.807, 2.05) is 0 Å². The first-order chi connectivity index (χ1) is 18.4. The molecule has 6 nitrogen and oxygen atoms in total. The molecular weight excluding hydrogens is 557 g/mol. The van der Waals surface area contributed by atoms with Gasteiger partial charge in [-0.1, -0.05) is 12.5 Å². The summed E-state index contributed by atoms with van der Waals surface area (Å²) in [6.45, 7) is 12.0. The minimum atomic E-state index is -0.252. The Hall–Kier alpha value is -1.64. The third-order valence-corrected chi connectivity index (χ3v) is 13.0. The quantitative estimate of drug-likeness (QED) is 0.175. The van der Waals surface area contributed by atoms with Crippen LogP contribution < -0.4 is 0 Å². The summed E-state index contributed by atoms with van der Waals surface area (Å²) in [6.07, 6.45) is 10.4. The van der Waals surface area contributed by atoms with Crippen molar-refractivity contribution in [1.82, 2.24) is 0 Å². The van der Waals surface area contributed by atoms with Crippen molar-refractivity contribution < 1.29 is 23.9 Å². The topological polar surface area (TPSA) is 93.5 Å². The Labute approximate surface area is 241 Å². The van der Waals surface area contributed by atoms with E-state index in [1.54, 1.807) is 0 Å². The Morgan fingerprint density at radius 2 is 1.82 bits per heavy atom. The number of esters is 2. The fourth-order valence-corrected chi connectivity index (χ4v) is 10.4. The summed E-state index contributed by atoms with van der Waals surface area (Å²) in [6, 6.07) is 0. The molecule has 0 amide bonds. The third kappa shape index (κ3) is 6.03. The molecule has 0 aliphatic heterocycles. The molecule has 0 spiro atoms. The molecule has 3 saturated carbocycles. The second kappa shape index (κ2) is 12.1. The van der Waals surface area contributed by atoms with Crippen molar-refractivity contribution >= 4 is 32.7 Å². The van der Waals surface area contributed by atoms with Crippen LogP contribution in [-0.2, 0) is 23.9 Å². The summed E-state index contributed by atoms with van der Waals surface area (Å²) < 4.78 is 11.6. The second-order valence-electron chi connectivity index (χ2n) is 13.5. The smallest absolute Gasteiger partial charge is 0.00597 e. The molecule has 0 heterocycles. The molecule has 0 saturated heterocycles. The van der Waals surface area contributed by atoms with Gasteiger partial charge in [-0.05, 0) is 12.8 Å². The minimum absolute atomic E-state index is 0.00743. The van der Waals surface area contributed by atoms with Crippen molar-refractivity contribution in [1.29, 1.82) is 5.26 Å². The molecule has 7 heteroatoms. The van der Waals surface area contributed by atoms with E-state index in [-0.39, 0.29) is 67.6 Å². The average molecular weight is 605 g/mol. The Bertz CT molecular complexity index is 1030. The fourth-order valence-electron chi connectivity index (χ4n) is 9.30. The Balaban J connectivity index is 1.54. The van der Waals surface area contributed by atoms with Gasteiger partial charge in [-0.2, -0.15) is 0 Å². The molecule has 3 fully saturated rings. The van der Waals surface area contributed by atoms with Gasteiger partial charge in [0.2, 0.25) is 0 Å². The van der Waals surface area contributed by atoms with E-state index in [0.717, 1.165) is 56.7 Å². The van der Waals surface area contributed by atoms with Crippen LogP contribution in [0.15, 0.2) is 11.6 Å². The number of hydrogen-bond acceptors (Lipinski definition) is 6. The van der Waals surface area contributed by atoms with E-state index in [0.29, 0.717) is 30.1 Å². The van der Waals surface area contributed by atoms with Crippen LogP contribution in [0.25, 0.3) is 0 Å². The monoisotopic (exact) mass is 605 g/mol. The number of carbonyl (C=O) groups excluding carboxylic acids is 3. The van der Waals surface area contributed by atoms with Crippen LogP contribution in [-0.4, -0.2) is 44.9 Å². The number of fused-ring (bicyclic) bond motifs is 5. The zero-order valence-electron chi connectivity index (χ0n) is 24.7.